The third-order valence-electron chi connectivity index (χ3n) is 1.50. The van der Waals surface area contributed by atoms with Crippen LogP contribution in [0.2, 0.25) is 0 Å². The summed E-state index contributed by atoms with van der Waals surface area (Å²) in [5, 5.41) is 16.1. The van der Waals surface area contributed by atoms with E-state index in [-0.39, 0.29) is 5.69 Å². The Morgan fingerprint density at radius 2 is 2.38 bits per heavy atom. The zero-order chi connectivity index (χ0) is 9.84. The zero-order valence-electron chi connectivity index (χ0n) is 7.64. The van der Waals surface area contributed by atoms with Crippen LogP contribution in [0.25, 0.3) is 0 Å². The standard InChI is InChI=1S/C7H12N4O2/c1-10(2)3-4-11-8-5-6(9-11)7(12)13/h5H,3-4H2,1-2H3,(H,12,13). The SMILES string of the molecule is CN(C)CCn1ncc(C(=O)O)n1. The number of aromatic carboxylic acids is 1. The molecule has 0 saturated carbocycles. The van der Waals surface area contributed by atoms with Crippen molar-refractivity contribution in [1.29, 1.82) is 0 Å². The molecule has 0 aromatic carbocycles. The van der Waals surface area contributed by atoms with Gasteiger partial charge in [-0.15, -0.1) is 5.10 Å². The lowest BCUT2D eigenvalue weighted by Crippen LogP contribution is -2.19. The van der Waals surface area contributed by atoms with Gasteiger partial charge < -0.3 is 10.0 Å². The zero-order valence-corrected chi connectivity index (χ0v) is 7.64. The van der Waals surface area contributed by atoms with Crippen molar-refractivity contribution in [1.82, 2.24) is 19.9 Å². The quantitative estimate of drug-likeness (QED) is 0.685. The van der Waals surface area contributed by atoms with Crippen molar-refractivity contribution >= 4 is 5.97 Å². The molecule has 1 aromatic heterocycles. The number of rotatable bonds is 4. The fraction of sp³-hybridized carbons (Fsp3) is 0.571. The second-order valence-electron chi connectivity index (χ2n) is 2.93. The van der Waals surface area contributed by atoms with E-state index in [1.165, 1.54) is 11.0 Å². The first kappa shape index (κ1) is 9.66. The third kappa shape index (κ3) is 2.83. The number of hydrogen-bond donors (Lipinski definition) is 1. The van der Waals surface area contributed by atoms with E-state index in [1.807, 2.05) is 19.0 Å². The topological polar surface area (TPSA) is 71.2 Å². The lowest BCUT2D eigenvalue weighted by Gasteiger charge is -2.07. The highest BCUT2D eigenvalue weighted by Crippen LogP contribution is 1.91. The molecule has 0 amide bonds. The van der Waals surface area contributed by atoms with Crippen LogP contribution in [0.1, 0.15) is 10.5 Å². The van der Waals surface area contributed by atoms with Gasteiger partial charge in [0.2, 0.25) is 0 Å². The highest BCUT2D eigenvalue weighted by molar-refractivity contribution is 5.84. The molecular weight excluding hydrogens is 172 g/mol. The fourth-order valence-corrected chi connectivity index (χ4v) is 0.793. The maximum Gasteiger partial charge on any atom is 0.358 e. The van der Waals surface area contributed by atoms with E-state index in [1.54, 1.807) is 0 Å². The predicted molar refractivity (Wildman–Crippen MR) is 45.5 cm³/mol. The van der Waals surface area contributed by atoms with E-state index < -0.39 is 5.97 Å². The third-order valence-corrected chi connectivity index (χ3v) is 1.50. The minimum absolute atomic E-state index is 0.0150. The van der Waals surface area contributed by atoms with E-state index in [0.29, 0.717) is 6.54 Å². The van der Waals surface area contributed by atoms with Crippen molar-refractivity contribution in [3.63, 3.8) is 0 Å². The second-order valence-corrected chi connectivity index (χ2v) is 2.93. The number of nitrogens with zero attached hydrogens (tertiary/aromatic N) is 4. The molecule has 13 heavy (non-hydrogen) atoms. The van der Waals surface area contributed by atoms with Gasteiger partial charge in [0, 0.05) is 6.54 Å². The molecule has 0 aliphatic carbocycles. The predicted octanol–water partition coefficient (Wildman–Crippen LogP) is -0.462. The van der Waals surface area contributed by atoms with Crippen molar-refractivity contribution < 1.29 is 9.90 Å². The van der Waals surface area contributed by atoms with Crippen LogP contribution in [0.3, 0.4) is 0 Å². The summed E-state index contributed by atoms with van der Waals surface area (Å²) in [6.07, 6.45) is 1.25. The maximum atomic E-state index is 10.4. The minimum Gasteiger partial charge on any atom is -0.476 e. The van der Waals surface area contributed by atoms with Gasteiger partial charge in [-0.05, 0) is 14.1 Å². The number of carbonyl (C=O) groups is 1. The van der Waals surface area contributed by atoms with Crippen molar-refractivity contribution in [3.8, 4) is 0 Å². The van der Waals surface area contributed by atoms with Crippen molar-refractivity contribution in [2.45, 2.75) is 6.54 Å². The van der Waals surface area contributed by atoms with Crippen molar-refractivity contribution in [3.05, 3.63) is 11.9 Å². The first-order chi connectivity index (χ1) is 6.09. The smallest absolute Gasteiger partial charge is 0.358 e. The number of carboxylic acids is 1. The van der Waals surface area contributed by atoms with Crippen LogP contribution < -0.4 is 0 Å². The number of aromatic nitrogens is 3. The molecule has 1 heterocycles. The van der Waals surface area contributed by atoms with Gasteiger partial charge in [-0.2, -0.15) is 9.90 Å². The van der Waals surface area contributed by atoms with E-state index in [9.17, 15) is 4.79 Å². The molecule has 1 rings (SSSR count). The average Bonchev–Trinajstić information content (AvgIpc) is 2.48. The Morgan fingerprint density at radius 1 is 1.69 bits per heavy atom. The Kier molecular flexibility index (Phi) is 2.97. The van der Waals surface area contributed by atoms with Crippen molar-refractivity contribution in [2.75, 3.05) is 20.6 Å². The van der Waals surface area contributed by atoms with Crippen LogP contribution in [0, 0.1) is 0 Å². The summed E-state index contributed by atoms with van der Waals surface area (Å²) in [7, 11) is 3.86. The molecule has 0 aliphatic heterocycles. The Balaban J connectivity index is 2.54. The van der Waals surface area contributed by atoms with E-state index in [2.05, 4.69) is 10.2 Å². The highest BCUT2D eigenvalue weighted by atomic mass is 16.4. The molecular formula is C7H12N4O2. The Morgan fingerprint density at radius 3 is 2.85 bits per heavy atom. The molecule has 6 heteroatoms. The number of hydrogen-bond acceptors (Lipinski definition) is 4. The Hall–Kier alpha value is -1.43. The van der Waals surface area contributed by atoms with Crippen LogP contribution in [0.5, 0.6) is 0 Å². The van der Waals surface area contributed by atoms with Gasteiger partial charge in [-0.3, -0.25) is 0 Å². The first-order valence-corrected chi connectivity index (χ1v) is 3.88. The van der Waals surface area contributed by atoms with Gasteiger partial charge in [0.15, 0.2) is 5.69 Å². The molecule has 1 N–H and O–H groups in total. The van der Waals surface area contributed by atoms with Gasteiger partial charge in [-0.1, -0.05) is 0 Å². The average molecular weight is 184 g/mol. The molecule has 6 nitrogen and oxygen atoms in total. The largest absolute Gasteiger partial charge is 0.476 e. The molecule has 0 aliphatic rings. The first-order valence-electron chi connectivity index (χ1n) is 3.88. The molecule has 0 atom stereocenters. The Bertz CT molecular complexity index is 294. The summed E-state index contributed by atoms with van der Waals surface area (Å²) in [6, 6.07) is 0. The molecule has 1 aromatic rings. The molecule has 0 saturated heterocycles. The van der Waals surface area contributed by atoms with E-state index >= 15 is 0 Å². The summed E-state index contributed by atoms with van der Waals surface area (Å²) < 4.78 is 0. The van der Waals surface area contributed by atoms with Gasteiger partial charge in [0.05, 0.1) is 12.7 Å². The van der Waals surface area contributed by atoms with Gasteiger partial charge in [0.1, 0.15) is 0 Å². The van der Waals surface area contributed by atoms with E-state index in [0.717, 1.165) is 6.54 Å². The molecule has 0 radical (unpaired) electrons. The second kappa shape index (κ2) is 3.99. The maximum absolute atomic E-state index is 10.4. The van der Waals surface area contributed by atoms with E-state index in [4.69, 9.17) is 5.11 Å². The van der Waals surface area contributed by atoms with Gasteiger partial charge in [-0.25, -0.2) is 4.79 Å². The molecule has 0 fully saturated rings. The summed E-state index contributed by atoms with van der Waals surface area (Å²) in [5.41, 5.74) is -0.0150. The molecule has 0 spiro atoms. The van der Waals surface area contributed by atoms with Crippen LogP contribution in [0.4, 0.5) is 0 Å². The lowest BCUT2D eigenvalue weighted by atomic mass is 10.5. The number of likely N-dealkylation sites (N-methyl/N-ethyl adjacent to an activating group) is 1. The molecule has 0 bridgehead atoms. The molecule has 72 valence electrons. The monoisotopic (exact) mass is 184 g/mol. The normalized spacial score (nSPS) is 10.7. The summed E-state index contributed by atoms with van der Waals surface area (Å²) in [4.78, 5) is 13.8. The summed E-state index contributed by atoms with van der Waals surface area (Å²) >= 11 is 0. The molecule has 0 unspecified atom stereocenters. The van der Waals surface area contributed by atoms with Gasteiger partial charge in [0.25, 0.3) is 0 Å². The van der Waals surface area contributed by atoms with Crippen molar-refractivity contribution in [2.24, 2.45) is 0 Å². The summed E-state index contributed by atoms with van der Waals surface area (Å²) in [6.45, 7) is 1.38. The number of carboxylic acid groups (broad SMARTS) is 1. The van der Waals surface area contributed by atoms with Crippen LogP contribution in [-0.4, -0.2) is 51.6 Å². The van der Waals surface area contributed by atoms with Gasteiger partial charge >= 0.3 is 5.97 Å². The summed E-state index contributed by atoms with van der Waals surface area (Å²) in [5.74, 6) is -1.05. The van der Waals surface area contributed by atoms with Crippen LogP contribution in [-0.2, 0) is 6.54 Å². The minimum atomic E-state index is -1.05. The fourth-order valence-electron chi connectivity index (χ4n) is 0.793. The van der Waals surface area contributed by atoms with Crippen LogP contribution in [0.15, 0.2) is 6.20 Å². The lowest BCUT2D eigenvalue weighted by molar-refractivity contribution is 0.0689. The highest BCUT2D eigenvalue weighted by Gasteiger charge is 2.07. The van der Waals surface area contributed by atoms with Crippen LogP contribution >= 0.6 is 0 Å². The Labute approximate surface area is 75.8 Å².